The summed E-state index contributed by atoms with van der Waals surface area (Å²) in [6, 6.07) is 6.42. The first-order valence-electron chi connectivity index (χ1n) is 10.3. The normalized spacial score (nSPS) is 19.8. The number of hydrogen-bond donors (Lipinski definition) is 0. The molecular formula is C22H33ClN2O2S. The lowest BCUT2D eigenvalue weighted by atomic mass is 9.79. The van der Waals surface area contributed by atoms with Crippen LogP contribution < -0.4 is 4.90 Å². The van der Waals surface area contributed by atoms with E-state index in [9.17, 15) is 4.79 Å². The Labute approximate surface area is 178 Å². The molecule has 4 nitrogen and oxygen atoms in total. The molecule has 0 aromatic heterocycles. The topological polar surface area (TPSA) is 32.8 Å². The van der Waals surface area contributed by atoms with Crippen molar-refractivity contribution >= 4 is 35.1 Å². The third-order valence-corrected chi connectivity index (χ3v) is 7.12. The van der Waals surface area contributed by atoms with Crippen LogP contribution >= 0.6 is 23.4 Å². The van der Waals surface area contributed by atoms with Gasteiger partial charge in [0, 0.05) is 36.8 Å². The summed E-state index contributed by atoms with van der Waals surface area (Å²) < 4.78 is 5.52. The van der Waals surface area contributed by atoms with Crippen LogP contribution in [0.25, 0.3) is 0 Å². The van der Waals surface area contributed by atoms with Gasteiger partial charge < -0.3 is 14.5 Å². The van der Waals surface area contributed by atoms with E-state index in [1.54, 1.807) is 11.8 Å². The zero-order valence-corrected chi connectivity index (χ0v) is 19.1. The van der Waals surface area contributed by atoms with E-state index in [0.717, 1.165) is 60.8 Å². The number of carbonyl (C=O) groups excluding carboxylic acids is 1. The fourth-order valence-corrected chi connectivity index (χ4v) is 5.23. The first kappa shape index (κ1) is 21.6. The summed E-state index contributed by atoms with van der Waals surface area (Å²) in [6.45, 7) is 9.60. The number of anilines is 1. The van der Waals surface area contributed by atoms with Crippen LogP contribution in [-0.4, -0.2) is 49.0 Å². The van der Waals surface area contributed by atoms with Crippen LogP contribution in [-0.2, 0) is 4.74 Å². The SMILES string of the molecule is CSc1ccc(N2CCC(C3CCN(C(=O)OC(C)(C)C)CC3)CC2)cc1Cl. The number of likely N-dealkylation sites (tertiary alicyclic amines) is 1. The van der Waals surface area contributed by atoms with Crippen molar-refractivity contribution in [3.8, 4) is 0 Å². The summed E-state index contributed by atoms with van der Waals surface area (Å²) in [5, 5.41) is 0.849. The van der Waals surface area contributed by atoms with Crippen LogP contribution in [0.5, 0.6) is 0 Å². The molecule has 1 aromatic rings. The van der Waals surface area contributed by atoms with Crippen LogP contribution in [0.15, 0.2) is 23.1 Å². The predicted molar refractivity (Wildman–Crippen MR) is 119 cm³/mol. The summed E-state index contributed by atoms with van der Waals surface area (Å²) in [7, 11) is 0. The first-order chi connectivity index (χ1) is 13.3. The highest BCUT2D eigenvalue weighted by Crippen LogP contribution is 2.36. The number of ether oxygens (including phenoxy) is 1. The van der Waals surface area contributed by atoms with E-state index in [1.807, 2.05) is 25.7 Å². The molecule has 1 aromatic carbocycles. The van der Waals surface area contributed by atoms with E-state index in [2.05, 4.69) is 29.4 Å². The van der Waals surface area contributed by atoms with Gasteiger partial charge in [0.2, 0.25) is 0 Å². The molecule has 1 amide bonds. The Morgan fingerprint density at radius 1 is 1.07 bits per heavy atom. The molecule has 0 spiro atoms. The minimum atomic E-state index is -0.419. The van der Waals surface area contributed by atoms with Gasteiger partial charge in [-0.1, -0.05) is 11.6 Å². The maximum absolute atomic E-state index is 12.3. The van der Waals surface area contributed by atoms with Crippen LogP contribution in [0.1, 0.15) is 46.5 Å². The largest absolute Gasteiger partial charge is 0.444 e. The average Bonchev–Trinajstić information content (AvgIpc) is 2.67. The number of amides is 1. The first-order valence-corrected chi connectivity index (χ1v) is 11.9. The van der Waals surface area contributed by atoms with E-state index < -0.39 is 5.60 Å². The lowest BCUT2D eigenvalue weighted by Crippen LogP contribution is -2.44. The highest BCUT2D eigenvalue weighted by atomic mass is 35.5. The number of hydrogen-bond acceptors (Lipinski definition) is 4. The Balaban J connectivity index is 1.47. The molecule has 0 bridgehead atoms. The molecular weight excluding hydrogens is 392 g/mol. The molecule has 2 saturated heterocycles. The number of halogens is 1. The van der Waals surface area contributed by atoms with E-state index >= 15 is 0 Å². The summed E-state index contributed by atoms with van der Waals surface area (Å²) in [6.07, 6.45) is 6.53. The molecule has 2 aliphatic heterocycles. The Bertz CT molecular complexity index is 676. The van der Waals surface area contributed by atoms with Gasteiger partial charge in [0.15, 0.2) is 0 Å². The number of piperidine rings is 2. The van der Waals surface area contributed by atoms with Crippen molar-refractivity contribution in [1.82, 2.24) is 4.90 Å². The highest BCUT2D eigenvalue weighted by Gasteiger charge is 2.32. The summed E-state index contributed by atoms with van der Waals surface area (Å²) >= 11 is 8.08. The molecule has 0 unspecified atom stereocenters. The van der Waals surface area contributed by atoms with Gasteiger partial charge in [-0.15, -0.1) is 11.8 Å². The second kappa shape index (κ2) is 9.17. The number of thioether (sulfide) groups is 1. The van der Waals surface area contributed by atoms with Gasteiger partial charge in [0.25, 0.3) is 0 Å². The number of rotatable bonds is 3. The lowest BCUT2D eigenvalue weighted by molar-refractivity contribution is 0.0152. The zero-order chi connectivity index (χ0) is 20.3. The standard InChI is InChI=1S/C22H33ClN2O2S/c1-22(2,3)27-21(26)25-13-9-17(10-14-25)16-7-11-24(12-8-16)18-5-6-20(28-4)19(23)15-18/h5-6,15-17H,7-14H2,1-4H3. The van der Waals surface area contributed by atoms with Crippen LogP contribution in [0.3, 0.4) is 0 Å². The van der Waals surface area contributed by atoms with Gasteiger partial charge in [-0.3, -0.25) is 0 Å². The molecule has 3 rings (SSSR count). The molecule has 2 fully saturated rings. The fourth-order valence-electron chi connectivity index (χ4n) is 4.36. The number of nitrogens with zero attached hydrogens (tertiary/aromatic N) is 2. The van der Waals surface area contributed by atoms with Gasteiger partial charge in [-0.25, -0.2) is 4.79 Å². The van der Waals surface area contributed by atoms with Crippen LogP contribution in [0.4, 0.5) is 10.5 Å². The van der Waals surface area contributed by atoms with Gasteiger partial charge in [0.1, 0.15) is 5.60 Å². The Morgan fingerprint density at radius 2 is 1.64 bits per heavy atom. The third kappa shape index (κ3) is 5.50. The molecule has 0 atom stereocenters. The smallest absolute Gasteiger partial charge is 0.410 e. The van der Waals surface area contributed by atoms with Crippen molar-refractivity contribution < 1.29 is 9.53 Å². The Hall–Kier alpha value is -1.07. The van der Waals surface area contributed by atoms with Gasteiger partial charge in [-0.2, -0.15) is 0 Å². The van der Waals surface area contributed by atoms with E-state index in [-0.39, 0.29) is 6.09 Å². The molecule has 156 valence electrons. The molecule has 28 heavy (non-hydrogen) atoms. The fraction of sp³-hybridized carbons (Fsp3) is 0.682. The molecule has 2 aliphatic rings. The molecule has 0 saturated carbocycles. The molecule has 2 heterocycles. The van der Waals surface area contributed by atoms with Gasteiger partial charge in [-0.05, 0) is 82.7 Å². The minimum Gasteiger partial charge on any atom is -0.444 e. The third-order valence-electron chi connectivity index (χ3n) is 5.90. The van der Waals surface area contributed by atoms with Crippen molar-refractivity contribution in [3.63, 3.8) is 0 Å². The average molecular weight is 425 g/mol. The summed E-state index contributed by atoms with van der Waals surface area (Å²) in [4.78, 5) is 17.7. The van der Waals surface area contributed by atoms with E-state index in [0.29, 0.717) is 0 Å². The van der Waals surface area contributed by atoms with E-state index in [4.69, 9.17) is 16.3 Å². The van der Waals surface area contributed by atoms with Crippen molar-refractivity contribution in [2.75, 3.05) is 37.3 Å². The molecule has 0 aliphatic carbocycles. The monoisotopic (exact) mass is 424 g/mol. The molecule has 6 heteroatoms. The summed E-state index contributed by atoms with van der Waals surface area (Å²) in [5.41, 5.74) is 0.818. The highest BCUT2D eigenvalue weighted by molar-refractivity contribution is 7.98. The van der Waals surface area contributed by atoms with Crippen LogP contribution in [0, 0.1) is 11.8 Å². The maximum Gasteiger partial charge on any atom is 0.410 e. The van der Waals surface area contributed by atoms with Crippen LogP contribution in [0.2, 0.25) is 5.02 Å². The van der Waals surface area contributed by atoms with E-state index in [1.165, 1.54) is 18.5 Å². The second-order valence-electron chi connectivity index (χ2n) is 8.95. The van der Waals surface area contributed by atoms with Crippen molar-refractivity contribution in [3.05, 3.63) is 23.2 Å². The number of carbonyl (C=O) groups is 1. The molecule has 0 radical (unpaired) electrons. The van der Waals surface area contributed by atoms with Gasteiger partial charge >= 0.3 is 6.09 Å². The molecule has 0 N–H and O–H groups in total. The number of benzene rings is 1. The quantitative estimate of drug-likeness (QED) is 0.563. The van der Waals surface area contributed by atoms with Crippen molar-refractivity contribution in [2.45, 2.75) is 57.0 Å². The lowest BCUT2D eigenvalue weighted by Gasteiger charge is -2.41. The minimum absolute atomic E-state index is 0.161. The Morgan fingerprint density at radius 3 is 2.14 bits per heavy atom. The Kier molecular flexibility index (Phi) is 7.08. The maximum atomic E-state index is 12.3. The van der Waals surface area contributed by atoms with Crippen molar-refractivity contribution in [2.24, 2.45) is 11.8 Å². The second-order valence-corrected chi connectivity index (χ2v) is 10.2. The zero-order valence-electron chi connectivity index (χ0n) is 17.5. The summed E-state index contributed by atoms with van der Waals surface area (Å²) in [5.74, 6) is 1.49. The van der Waals surface area contributed by atoms with Crippen molar-refractivity contribution in [1.29, 1.82) is 0 Å². The predicted octanol–water partition coefficient (Wildman–Crippen LogP) is 5.93. The van der Waals surface area contributed by atoms with Gasteiger partial charge in [0.05, 0.1) is 5.02 Å².